The topological polar surface area (TPSA) is 86.5 Å². The minimum atomic E-state index is -0.635. The zero-order chi connectivity index (χ0) is 19.9. The summed E-state index contributed by atoms with van der Waals surface area (Å²) in [5.74, 6) is 0.322. The first-order valence-electron chi connectivity index (χ1n) is 8.36. The Bertz CT molecular complexity index is 950. The Balaban J connectivity index is 1.52. The van der Waals surface area contributed by atoms with Crippen molar-refractivity contribution in [3.63, 3.8) is 0 Å². The second-order valence-electron chi connectivity index (χ2n) is 5.67. The van der Waals surface area contributed by atoms with Crippen molar-refractivity contribution >= 4 is 23.4 Å². The number of carbonyl (C=O) groups excluding carboxylic acids is 1. The Labute approximate surface area is 165 Å². The molecule has 2 aromatic carbocycles. The first kappa shape index (κ1) is 19.7. The van der Waals surface area contributed by atoms with Crippen molar-refractivity contribution in [3.05, 3.63) is 60.2 Å². The number of hydrogen-bond acceptors (Lipinski definition) is 7. The van der Waals surface area contributed by atoms with E-state index >= 15 is 0 Å². The van der Waals surface area contributed by atoms with Crippen LogP contribution in [0.2, 0.25) is 0 Å². The van der Waals surface area contributed by atoms with E-state index in [4.69, 9.17) is 13.9 Å². The zero-order valence-electron chi connectivity index (χ0n) is 15.2. The molecular weight excluding hydrogens is 385 g/mol. The van der Waals surface area contributed by atoms with Gasteiger partial charge in [0.15, 0.2) is 17.7 Å². The molecule has 3 rings (SSSR count). The number of amides is 1. The molecule has 0 radical (unpaired) electrons. The lowest BCUT2D eigenvalue weighted by Gasteiger charge is -2.11. The highest BCUT2D eigenvalue weighted by Gasteiger charge is 2.18. The van der Waals surface area contributed by atoms with Gasteiger partial charge < -0.3 is 19.2 Å². The second kappa shape index (κ2) is 9.23. The lowest BCUT2D eigenvalue weighted by Crippen LogP contribution is -2.13. The van der Waals surface area contributed by atoms with Crippen LogP contribution in [-0.4, -0.2) is 29.0 Å². The molecule has 28 heavy (non-hydrogen) atoms. The maximum absolute atomic E-state index is 13.7. The zero-order valence-corrected chi connectivity index (χ0v) is 16.0. The van der Waals surface area contributed by atoms with Crippen molar-refractivity contribution in [1.29, 1.82) is 0 Å². The highest BCUT2D eigenvalue weighted by Crippen LogP contribution is 2.25. The maximum Gasteiger partial charge on any atom is 0.277 e. The summed E-state index contributed by atoms with van der Waals surface area (Å²) >= 11 is 1.09. The van der Waals surface area contributed by atoms with Crippen LogP contribution in [0.3, 0.4) is 0 Å². The lowest BCUT2D eigenvalue weighted by molar-refractivity contribution is -0.113. The summed E-state index contributed by atoms with van der Waals surface area (Å²) < 4.78 is 29.8. The molecule has 7 nitrogen and oxygen atoms in total. The predicted octanol–water partition coefficient (Wildman–Crippen LogP) is 4.09. The van der Waals surface area contributed by atoms with Crippen LogP contribution >= 0.6 is 11.8 Å². The number of thioether (sulfide) groups is 1. The minimum Gasteiger partial charge on any atom is -0.497 e. The first-order valence-corrected chi connectivity index (χ1v) is 9.35. The molecular formula is C19H18FN3O4S. The fourth-order valence-electron chi connectivity index (χ4n) is 2.25. The number of anilines is 1. The smallest absolute Gasteiger partial charge is 0.277 e. The molecule has 9 heteroatoms. The van der Waals surface area contributed by atoms with Crippen molar-refractivity contribution in [3.8, 4) is 11.5 Å². The van der Waals surface area contributed by atoms with Gasteiger partial charge in [0.05, 0.1) is 12.9 Å². The number of hydrogen-bond donors (Lipinski definition) is 1. The normalized spacial score (nSPS) is 11.7. The van der Waals surface area contributed by atoms with Gasteiger partial charge in [-0.3, -0.25) is 4.79 Å². The Kier molecular flexibility index (Phi) is 6.49. The van der Waals surface area contributed by atoms with Crippen molar-refractivity contribution in [2.24, 2.45) is 0 Å². The third-order valence-electron chi connectivity index (χ3n) is 3.59. The summed E-state index contributed by atoms with van der Waals surface area (Å²) in [5.41, 5.74) is 0.628. The molecule has 0 bridgehead atoms. The van der Waals surface area contributed by atoms with Gasteiger partial charge in [0.2, 0.25) is 5.91 Å². The number of nitrogens with one attached hydrogen (secondary N) is 1. The summed E-state index contributed by atoms with van der Waals surface area (Å²) in [6, 6.07) is 13.1. The van der Waals surface area contributed by atoms with E-state index in [1.165, 1.54) is 12.1 Å². The van der Waals surface area contributed by atoms with Crippen LogP contribution in [0, 0.1) is 5.82 Å². The van der Waals surface area contributed by atoms with Crippen molar-refractivity contribution < 1.29 is 23.1 Å². The number of rotatable bonds is 8. The standard InChI is InChI=1S/C19H18FN3O4S/c1-12(26-16-9-4-3-8-15(16)20)18-22-23-19(27-18)28-11-17(24)21-13-6-5-7-14(10-13)25-2/h3-10,12H,11H2,1-2H3,(H,21,24)/t12-/m1/s1. The van der Waals surface area contributed by atoms with Gasteiger partial charge in [-0.25, -0.2) is 4.39 Å². The third kappa shape index (κ3) is 5.23. The second-order valence-corrected chi connectivity index (χ2v) is 6.59. The van der Waals surface area contributed by atoms with E-state index in [1.54, 1.807) is 50.4 Å². The van der Waals surface area contributed by atoms with Gasteiger partial charge in [0.25, 0.3) is 11.1 Å². The summed E-state index contributed by atoms with van der Waals surface area (Å²) in [6.45, 7) is 1.67. The van der Waals surface area contributed by atoms with Crippen LogP contribution in [0.1, 0.15) is 18.9 Å². The average Bonchev–Trinajstić information content (AvgIpc) is 3.17. The number of ether oxygens (including phenoxy) is 2. The fourth-order valence-corrected chi connectivity index (χ4v) is 2.82. The average molecular weight is 403 g/mol. The number of nitrogens with zero attached hydrogens (tertiary/aromatic N) is 2. The van der Waals surface area contributed by atoms with E-state index < -0.39 is 11.9 Å². The summed E-state index contributed by atoms with van der Waals surface area (Å²) in [7, 11) is 1.56. The van der Waals surface area contributed by atoms with E-state index in [2.05, 4.69) is 15.5 Å². The Hall–Kier alpha value is -3.07. The lowest BCUT2D eigenvalue weighted by atomic mass is 10.3. The third-order valence-corrected chi connectivity index (χ3v) is 4.41. The molecule has 1 atom stereocenters. The van der Waals surface area contributed by atoms with Crippen molar-refractivity contribution in [2.45, 2.75) is 18.3 Å². The molecule has 0 fully saturated rings. The molecule has 1 N–H and O–H groups in total. The number of halogens is 1. The van der Waals surface area contributed by atoms with Crippen LogP contribution in [0.4, 0.5) is 10.1 Å². The Morgan fingerprint density at radius 1 is 1.25 bits per heavy atom. The van der Waals surface area contributed by atoms with Gasteiger partial charge in [-0.1, -0.05) is 30.0 Å². The molecule has 0 saturated heterocycles. The fraction of sp³-hybridized carbons (Fsp3) is 0.211. The first-order chi connectivity index (χ1) is 13.5. The van der Waals surface area contributed by atoms with Gasteiger partial charge >= 0.3 is 0 Å². The SMILES string of the molecule is COc1cccc(NC(=O)CSc2nnc([C@@H](C)Oc3ccccc3F)o2)c1. The summed E-state index contributed by atoms with van der Waals surface area (Å²) in [6.07, 6.45) is -0.635. The number of benzene rings is 2. The van der Waals surface area contributed by atoms with Crippen molar-refractivity contribution in [1.82, 2.24) is 10.2 Å². The quantitative estimate of drug-likeness (QED) is 0.567. The molecule has 1 aromatic heterocycles. The molecule has 0 aliphatic rings. The molecule has 0 aliphatic heterocycles. The minimum absolute atomic E-state index is 0.0847. The van der Waals surface area contributed by atoms with E-state index in [-0.39, 0.29) is 28.5 Å². The highest BCUT2D eigenvalue weighted by atomic mass is 32.2. The van der Waals surface area contributed by atoms with Crippen LogP contribution in [0.25, 0.3) is 0 Å². The molecule has 1 heterocycles. The Morgan fingerprint density at radius 2 is 2.07 bits per heavy atom. The molecule has 0 spiro atoms. The molecule has 0 saturated carbocycles. The van der Waals surface area contributed by atoms with Crippen LogP contribution in [0.5, 0.6) is 11.5 Å². The largest absolute Gasteiger partial charge is 0.497 e. The monoisotopic (exact) mass is 403 g/mol. The molecule has 0 unspecified atom stereocenters. The number of para-hydroxylation sites is 1. The molecule has 1 amide bonds. The molecule has 0 aliphatic carbocycles. The summed E-state index contributed by atoms with van der Waals surface area (Å²) in [5, 5.41) is 10.8. The number of carbonyl (C=O) groups is 1. The van der Waals surface area contributed by atoms with Gasteiger partial charge in [0, 0.05) is 11.8 Å². The van der Waals surface area contributed by atoms with Crippen LogP contribution < -0.4 is 14.8 Å². The van der Waals surface area contributed by atoms with E-state index in [1.807, 2.05) is 0 Å². The van der Waals surface area contributed by atoms with Gasteiger partial charge in [-0.15, -0.1) is 10.2 Å². The highest BCUT2D eigenvalue weighted by molar-refractivity contribution is 7.99. The van der Waals surface area contributed by atoms with Gasteiger partial charge in [-0.05, 0) is 31.2 Å². The van der Waals surface area contributed by atoms with Crippen LogP contribution in [0.15, 0.2) is 58.2 Å². The van der Waals surface area contributed by atoms with E-state index in [0.717, 1.165) is 11.8 Å². The van der Waals surface area contributed by atoms with Gasteiger partial charge in [-0.2, -0.15) is 0 Å². The maximum atomic E-state index is 13.7. The number of methoxy groups -OCH3 is 1. The summed E-state index contributed by atoms with van der Waals surface area (Å²) in [4.78, 5) is 12.1. The number of aromatic nitrogens is 2. The predicted molar refractivity (Wildman–Crippen MR) is 102 cm³/mol. The Morgan fingerprint density at radius 3 is 2.86 bits per heavy atom. The van der Waals surface area contributed by atoms with Gasteiger partial charge in [0.1, 0.15) is 5.75 Å². The van der Waals surface area contributed by atoms with Crippen molar-refractivity contribution in [2.75, 3.05) is 18.2 Å². The molecule has 3 aromatic rings. The molecule has 146 valence electrons. The van der Waals surface area contributed by atoms with E-state index in [0.29, 0.717) is 11.4 Å². The van der Waals surface area contributed by atoms with E-state index in [9.17, 15) is 9.18 Å². The van der Waals surface area contributed by atoms with Crippen LogP contribution in [-0.2, 0) is 4.79 Å².